The Hall–Kier alpha value is -2.51. The molecule has 0 aliphatic heterocycles. The summed E-state index contributed by atoms with van der Waals surface area (Å²) < 4.78 is 16.0. The van der Waals surface area contributed by atoms with E-state index in [2.05, 4.69) is 24.5 Å². The van der Waals surface area contributed by atoms with Crippen LogP contribution >= 0.6 is 23.8 Å². The van der Waals surface area contributed by atoms with E-state index in [1.165, 1.54) is 19.8 Å². The standard InChI is InChI=1S/C21H25ClN2O4S/c1-12(2)15-7-6-14(8-13(15)3)28-11-20(25)24-21(29)23-17-10-18(26-4)16(22)9-19(17)27-5/h6-10,12H,11H2,1-5H3,(H2,23,24,25,29). The largest absolute Gasteiger partial charge is 0.495 e. The Bertz CT molecular complexity index is 902. The molecule has 0 spiro atoms. The van der Waals surface area contributed by atoms with Crippen LogP contribution in [-0.2, 0) is 4.79 Å². The lowest BCUT2D eigenvalue weighted by molar-refractivity contribution is -0.121. The second kappa shape index (κ2) is 10.3. The molecule has 6 nitrogen and oxygen atoms in total. The molecule has 1 amide bonds. The number of carbonyl (C=O) groups is 1. The van der Waals surface area contributed by atoms with Crippen molar-refractivity contribution in [2.45, 2.75) is 26.7 Å². The fraction of sp³-hybridized carbons (Fsp3) is 0.333. The number of amides is 1. The van der Waals surface area contributed by atoms with Crippen molar-refractivity contribution in [3.05, 3.63) is 46.5 Å². The van der Waals surface area contributed by atoms with Gasteiger partial charge in [-0.15, -0.1) is 0 Å². The summed E-state index contributed by atoms with van der Waals surface area (Å²) in [6.45, 7) is 6.13. The minimum atomic E-state index is -0.381. The first-order valence-corrected chi connectivity index (χ1v) is 9.79. The van der Waals surface area contributed by atoms with Gasteiger partial charge in [0.2, 0.25) is 0 Å². The van der Waals surface area contributed by atoms with Gasteiger partial charge in [-0.2, -0.15) is 0 Å². The quantitative estimate of drug-likeness (QED) is 0.614. The van der Waals surface area contributed by atoms with Crippen molar-refractivity contribution in [2.75, 3.05) is 26.1 Å². The van der Waals surface area contributed by atoms with Gasteiger partial charge in [0, 0.05) is 12.1 Å². The molecular weight excluding hydrogens is 412 g/mol. The second-order valence-corrected chi connectivity index (χ2v) is 7.47. The minimum Gasteiger partial charge on any atom is -0.495 e. The van der Waals surface area contributed by atoms with Crippen LogP contribution in [0.4, 0.5) is 5.69 Å². The molecule has 29 heavy (non-hydrogen) atoms. The van der Waals surface area contributed by atoms with Crippen molar-refractivity contribution in [1.82, 2.24) is 5.32 Å². The summed E-state index contributed by atoms with van der Waals surface area (Å²) in [5.74, 6) is 1.59. The SMILES string of the molecule is COc1cc(NC(=S)NC(=O)COc2ccc(C(C)C)c(C)c2)c(OC)cc1Cl. The fourth-order valence-corrected chi connectivity index (χ4v) is 3.26. The molecule has 8 heteroatoms. The number of thiocarbonyl (C=S) groups is 1. The third kappa shape index (κ3) is 6.24. The summed E-state index contributed by atoms with van der Waals surface area (Å²) in [6, 6.07) is 9.02. The number of aryl methyl sites for hydroxylation is 1. The molecule has 2 N–H and O–H groups in total. The molecule has 0 saturated carbocycles. The van der Waals surface area contributed by atoms with E-state index >= 15 is 0 Å². The number of ether oxygens (including phenoxy) is 3. The first-order chi connectivity index (χ1) is 13.7. The zero-order valence-corrected chi connectivity index (χ0v) is 18.7. The molecule has 0 atom stereocenters. The predicted octanol–water partition coefficient (Wildman–Crippen LogP) is 4.68. The average molecular weight is 437 g/mol. The third-order valence-corrected chi connectivity index (χ3v) is 4.71. The van der Waals surface area contributed by atoms with Crippen LogP contribution < -0.4 is 24.8 Å². The maximum Gasteiger partial charge on any atom is 0.264 e. The van der Waals surface area contributed by atoms with Gasteiger partial charge in [0.05, 0.1) is 24.9 Å². The number of halogens is 1. The van der Waals surface area contributed by atoms with Gasteiger partial charge in [0.1, 0.15) is 17.2 Å². The fourth-order valence-electron chi connectivity index (χ4n) is 2.81. The van der Waals surface area contributed by atoms with Crippen molar-refractivity contribution in [1.29, 1.82) is 0 Å². The van der Waals surface area contributed by atoms with Crippen molar-refractivity contribution < 1.29 is 19.0 Å². The number of carbonyl (C=O) groups excluding carboxylic acids is 1. The van der Waals surface area contributed by atoms with E-state index < -0.39 is 0 Å². The molecule has 0 bridgehead atoms. The number of hydrogen-bond donors (Lipinski definition) is 2. The molecule has 2 aromatic rings. The zero-order chi connectivity index (χ0) is 21.6. The molecule has 156 valence electrons. The Morgan fingerprint density at radius 2 is 1.83 bits per heavy atom. The van der Waals surface area contributed by atoms with Gasteiger partial charge in [-0.3, -0.25) is 10.1 Å². The first-order valence-electron chi connectivity index (χ1n) is 9.00. The lowest BCUT2D eigenvalue weighted by Gasteiger charge is -2.15. The van der Waals surface area contributed by atoms with Gasteiger partial charge in [0.15, 0.2) is 11.7 Å². The third-order valence-electron chi connectivity index (χ3n) is 4.21. The normalized spacial score (nSPS) is 10.4. The van der Waals surface area contributed by atoms with Gasteiger partial charge < -0.3 is 19.5 Å². The van der Waals surface area contributed by atoms with E-state index in [9.17, 15) is 4.79 Å². The summed E-state index contributed by atoms with van der Waals surface area (Å²) in [5.41, 5.74) is 2.89. The van der Waals surface area contributed by atoms with E-state index in [-0.39, 0.29) is 17.6 Å². The molecule has 0 saturated heterocycles. The van der Waals surface area contributed by atoms with Crippen LogP contribution in [0.3, 0.4) is 0 Å². The van der Waals surface area contributed by atoms with Crippen LogP contribution in [0.15, 0.2) is 30.3 Å². The molecule has 0 radical (unpaired) electrons. The number of hydrogen-bond acceptors (Lipinski definition) is 5. The number of benzene rings is 2. The summed E-state index contributed by atoms with van der Waals surface area (Å²) in [6.07, 6.45) is 0. The Labute approximate surface area is 181 Å². The Kier molecular flexibility index (Phi) is 8.10. The van der Waals surface area contributed by atoms with Crippen LogP contribution in [0, 0.1) is 6.92 Å². The molecular formula is C21H25ClN2O4S. The predicted molar refractivity (Wildman–Crippen MR) is 120 cm³/mol. The molecule has 0 fully saturated rings. The van der Waals surface area contributed by atoms with E-state index in [1.807, 2.05) is 25.1 Å². The van der Waals surface area contributed by atoms with Crippen LogP contribution in [0.2, 0.25) is 5.02 Å². The van der Waals surface area contributed by atoms with Gasteiger partial charge in [-0.25, -0.2) is 0 Å². The van der Waals surface area contributed by atoms with Crippen molar-refractivity contribution in [2.24, 2.45) is 0 Å². The highest BCUT2D eigenvalue weighted by Crippen LogP contribution is 2.35. The van der Waals surface area contributed by atoms with Crippen LogP contribution in [0.1, 0.15) is 30.9 Å². The summed E-state index contributed by atoms with van der Waals surface area (Å²) in [5, 5.41) is 5.98. The van der Waals surface area contributed by atoms with Gasteiger partial charge in [-0.05, 0) is 48.3 Å². The highest BCUT2D eigenvalue weighted by molar-refractivity contribution is 7.80. The van der Waals surface area contributed by atoms with E-state index in [1.54, 1.807) is 12.1 Å². The molecule has 0 aromatic heterocycles. The molecule has 0 aliphatic rings. The molecule has 0 aliphatic carbocycles. The Morgan fingerprint density at radius 1 is 1.14 bits per heavy atom. The monoisotopic (exact) mass is 436 g/mol. The van der Waals surface area contributed by atoms with E-state index in [0.29, 0.717) is 33.9 Å². The average Bonchev–Trinajstić information content (AvgIpc) is 2.67. The topological polar surface area (TPSA) is 68.8 Å². The van der Waals surface area contributed by atoms with Gasteiger partial charge >= 0.3 is 0 Å². The van der Waals surface area contributed by atoms with E-state index in [0.717, 1.165) is 5.56 Å². The lowest BCUT2D eigenvalue weighted by atomic mass is 9.98. The number of methoxy groups -OCH3 is 2. The van der Waals surface area contributed by atoms with E-state index in [4.69, 9.17) is 38.0 Å². The molecule has 0 unspecified atom stereocenters. The second-order valence-electron chi connectivity index (χ2n) is 6.65. The number of anilines is 1. The Balaban J connectivity index is 1.94. The molecule has 0 heterocycles. The summed E-state index contributed by atoms with van der Waals surface area (Å²) in [4.78, 5) is 12.2. The lowest BCUT2D eigenvalue weighted by Crippen LogP contribution is -2.37. The van der Waals surface area contributed by atoms with Crippen LogP contribution in [-0.4, -0.2) is 31.8 Å². The maximum atomic E-state index is 12.2. The summed E-state index contributed by atoms with van der Waals surface area (Å²) >= 11 is 11.3. The molecule has 2 aromatic carbocycles. The minimum absolute atomic E-state index is 0.104. The van der Waals surface area contributed by atoms with Crippen molar-refractivity contribution in [3.63, 3.8) is 0 Å². The van der Waals surface area contributed by atoms with Crippen molar-refractivity contribution >= 4 is 40.5 Å². The smallest absolute Gasteiger partial charge is 0.264 e. The maximum absolute atomic E-state index is 12.2. The highest BCUT2D eigenvalue weighted by atomic mass is 35.5. The highest BCUT2D eigenvalue weighted by Gasteiger charge is 2.13. The number of rotatable bonds is 7. The molecule has 2 rings (SSSR count). The van der Waals surface area contributed by atoms with Crippen LogP contribution in [0.25, 0.3) is 0 Å². The Morgan fingerprint density at radius 3 is 2.41 bits per heavy atom. The zero-order valence-electron chi connectivity index (χ0n) is 17.1. The van der Waals surface area contributed by atoms with Gasteiger partial charge in [-0.1, -0.05) is 31.5 Å². The first kappa shape index (κ1) is 22.8. The van der Waals surface area contributed by atoms with Gasteiger partial charge in [0.25, 0.3) is 5.91 Å². The number of nitrogens with one attached hydrogen (secondary N) is 2. The van der Waals surface area contributed by atoms with Crippen molar-refractivity contribution in [3.8, 4) is 17.2 Å². The summed E-state index contributed by atoms with van der Waals surface area (Å²) in [7, 11) is 3.01. The van der Waals surface area contributed by atoms with Crippen LogP contribution in [0.5, 0.6) is 17.2 Å².